The van der Waals surface area contributed by atoms with E-state index in [-0.39, 0.29) is 0 Å². The third-order valence-electron chi connectivity index (χ3n) is 6.93. The molecule has 0 bridgehead atoms. The predicted molar refractivity (Wildman–Crippen MR) is 161 cm³/mol. The Morgan fingerprint density at radius 3 is 1.86 bits per heavy atom. The van der Waals surface area contributed by atoms with Crippen LogP contribution in [0.4, 0.5) is 11.4 Å². The molecule has 0 aliphatic carbocycles. The highest BCUT2D eigenvalue weighted by Gasteiger charge is 2.17. The minimum atomic E-state index is 0.560. The Labute approximate surface area is 226 Å². The van der Waals surface area contributed by atoms with E-state index < -0.39 is 0 Å². The number of rotatable bonds is 10. The summed E-state index contributed by atoms with van der Waals surface area (Å²) in [6.45, 7) is 18.8. The molecule has 0 atom stereocenters. The van der Waals surface area contributed by atoms with E-state index in [1.165, 1.54) is 67.3 Å². The summed E-state index contributed by atoms with van der Waals surface area (Å²) in [5, 5.41) is 0. The van der Waals surface area contributed by atoms with Crippen LogP contribution in [0, 0.1) is 5.92 Å². The molecule has 1 aliphatic rings. The molecule has 37 heavy (non-hydrogen) atoms. The van der Waals surface area contributed by atoms with Crippen LogP contribution in [0.25, 0.3) is 11.1 Å². The van der Waals surface area contributed by atoms with Gasteiger partial charge in [0.15, 0.2) is 0 Å². The van der Waals surface area contributed by atoms with Crippen LogP contribution in [0.1, 0.15) is 78.2 Å². The van der Waals surface area contributed by atoms with Crippen LogP contribution in [-0.4, -0.2) is 46.6 Å². The van der Waals surface area contributed by atoms with Crippen molar-refractivity contribution >= 4 is 31.7 Å². The summed E-state index contributed by atoms with van der Waals surface area (Å²) in [6.07, 6.45) is 9.81. The van der Waals surface area contributed by atoms with Gasteiger partial charge in [0, 0.05) is 26.3 Å². The molecule has 2 aromatic carbocycles. The highest BCUT2D eigenvalue weighted by Crippen LogP contribution is 2.35. The van der Waals surface area contributed by atoms with E-state index in [0.717, 1.165) is 31.2 Å². The van der Waals surface area contributed by atoms with E-state index in [0.29, 0.717) is 6.04 Å². The zero-order chi connectivity index (χ0) is 28.1. The van der Waals surface area contributed by atoms with Gasteiger partial charge in [-0.25, -0.2) is 0 Å². The Morgan fingerprint density at radius 2 is 1.43 bits per heavy atom. The number of carbonyl (C=O) groups excluding carboxylic acids is 2. The van der Waals surface area contributed by atoms with Crippen molar-refractivity contribution in [2.75, 3.05) is 25.2 Å². The highest BCUT2D eigenvalue weighted by molar-refractivity contribution is 5.77. The van der Waals surface area contributed by atoms with E-state index in [1.54, 1.807) is 0 Å². The summed E-state index contributed by atoms with van der Waals surface area (Å²) >= 11 is 0. The van der Waals surface area contributed by atoms with Gasteiger partial charge in [0.1, 0.15) is 13.6 Å². The van der Waals surface area contributed by atoms with E-state index in [9.17, 15) is 0 Å². The fraction of sp³-hybridized carbons (Fsp3) is 0.531. The maximum absolute atomic E-state index is 8.00. The van der Waals surface area contributed by atoms with Gasteiger partial charge in [-0.05, 0) is 73.6 Å². The number of aryl methyl sites for hydroxylation is 1. The largest absolute Gasteiger partial charge is 0.381 e. The third kappa shape index (κ3) is 11.9. The van der Waals surface area contributed by atoms with Crippen molar-refractivity contribution in [3.8, 4) is 11.1 Å². The van der Waals surface area contributed by atoms with Gasteiger partial charge in [0.25, 0.3) is 0 Å². The lowest BCUT2D eigenvalue weighted by atomic mass is 9.98. The molecule has 0 N–H and O–H groups in total. The lowest BCUT2D eigenvalue weighted by Gasteiger charge is -2.31. The Kier molecular flexibility index (Phi) is 19.7. The molecule has 0 amide bonds. The molecule has 0 spiro atoms. The minimum Gasteiger partial charge on any atom is -0.381 e. The van der Waals surface area contributed by atoms with Crippen molar-refractivity contribution in [3.05, 3.63) is 48.0 Å². The summed E-state index contributed by atoms with van der Waals surface area (Å²) in [4.78, 5) is 22.7. The van der Waals surface area contributed by atoms with Crippen molar-refractivity contribution < 1.29 is 14.3 Å². The van der Waals surface area contributed by atoms with E-state index >= 15 is 0 Å². The molecule has 3 rings (SSSR count). The molecule has 1 saturated heterocycles. The van der Waals surface area contributed by atoms with Gasteiger partial charge in [0.05, 0.1) is 11.4 Å². The first kappa shape index (κ1) is 34.2. The third-order valence-corrected chi connectivity index (χ3v) is 6.93. The Balaban J connectivity index is 0.000000900. The first-order valence-corrected chi connectivity index (χ1v) is 13.7. The SMILES string of the molecule is C=Nc1cc(-c2ccc(CC)cc2)ccc1N(C)C(CCC)CCC.C=O.C=O.CCC1CCOCC1. The van der Waals surface area contributed by atoms with E-state index in [4.69, 9.17) is 14.3 Å². The van der Waals surface area contributed by atoms with Gasteiger partial charge in [-0.15, -0.1) is 0 Å². The van der Waals surface area contributed by atoms with Gasteiger partial charge in [0.2, 0.25) is 0 Å². The molecule has 1 heterocycles. The van der Waals surface area contributed by atoms with Crippen molar-refractivity contribution in [2.45, 2.75) is 85.1 Å². The summed E-state index contributed by atoms with van der Waals surface area (Å²) in [7, 11) is 2.19. The van der Waals surface area contributed by atoms with Crippen molar-refractivity contribution in [1.82, 2.24) is 0 Å². The van der Waals surface area contributed by atoms with Gasteiger partial charge in [-0.1, -0.05) is 77.3 Å². The zero-order valence-electron chi connectivity index (χ0n) is 24.0. The number of hydrogen-bond acceptors (Lipinski definition) is 5. The minimum absolute atomic E-state index is 0.560. The van der Waals surface area contributed by atoms with Crippen LogP contribution in [0.5, 0.6) is 0 Å². The smallest absolute Gasteiger partial charge is 0.106 e. The van der Waals surface area contributed by atoms with Crippen molar-refractivity contribution in [1.29, 1.82) is 0 Å². The van der Waals surface area contributed by atoms with Crippen LogP contribution in [0.2, 0.25) is 0 Å². The number of hydrogen-bond donors (Lipinski definition) is 0. The fourth-order valence-electron chi connectivity index (χ4n) is 4.61. The number of anilines is 1. The average Bonchev–Trinajstić information content (AvgIpc) is 2.99. The molecule has 0 saturated carbocycles. The van der Waals surface area contributed by atoms with Gasteiger partial charge < -0.3 is 19.2 Å². The summed E-state index contributed by atoms with van der Waals surface area (Å²) in [5.74, 6) is 0.962. The Bertz CT molecular complexity index is 840. The lowest BCUT2D eigenvalue weighted by molar-refractivity contribution is -0.0987. The van der Waals surface area contributed by atoms with Gasteiger partial charge >= 0.3 is 0 Å². The van der Waals surface area contributed by atoms with E-state index in [1.807, 2.05) is 13.6 Å². The van der Waals surface area contributed by atoms with E-state index in [2.05, 4.69) is 93.8 Å². The monoisotopic (exact) mass is 510 g/mol. The topological polar surface area (TPSA) is 59.0 Å². The molecule has 2 aromatic rings. The molecule has 0 radical (unpaired) electrons. The first-order chi connectivity index (χ1) is 18.1. The Morgan fingerprint density at radius 1 is 0.892 bits per heavy atom. The normalized spacial score (nSPS) is 12.7. The summed E-state index contributed by atoms with van der Waals surface area (Å²) < 4.78 is 5.20. The van der Waals surface area contributed by atoms with Crippen LogP contribution in [0.3, 0.4) is 0 Å². The van der Waals surface area contributed by atoms with Crippen LogP contribution >= 0.6 is 0 Å². The number of benzene rings is 2. The second-order valence-corrected chi connectivity index (χ2v) is 9.22. The van der Waals surface area contributed by atoms with Crippen LogP contribution in [-0.2, 0) is 20.7 Å². The van der Waals surface area contributed by atoms with Crippen molar-refractivity contribution in [3.63, 3.8) is 0 Å². The average molecular weight is 511 g/mol. The maximum Gasteiger partial charge on any atom is 0.106 e. The number of aliphatic imine (C=N–C) groups is 1. The molecule has 5 heteroatoms. The van der Waals surface area contributed by atoms with Crippen LogP contribution < -0.4 is 4.90 Å². The molecule has 206 valence electrons. The molecule has 5 nitrogen and oxygen atoms in total. The summed E-state index contributed by atoms with van der Waals surface area (Å²) in [5.41, 5.74) is 5.94. The van der Waals surface area contributed by atoms with Gasteiger partial charge in [-0.2, -0.15) is 0 Å². The van der Waals surface area contributed by atoms with Crippen LogP contribution in [0.15, 0.2) is 47.5 Å². The summed E-state index contributed by atoms with van der Waals surface area (Å²) in [6, 6.07) is 15.9. The second-order valence-electron chi connectivity index (χ2n) is 9.22. The number of carbonyl (C=O) groups is 2. The standard InChI is InChI=1S/C23H32N2.C7H14O.2CH2O/c1-6-9-21(10-7-2)25(5)23-16-15-20(17-22(23)24-4)19-13-11-18(8-3)12-14-19;1-2-7-3-5-8-6-4-7;2*1-2/h11-17,21H,4,6-10H2,1-3,5H3;7H,2-6H2,1H3;2*1H2. The molecular formula is C32H50N2O3. The predicted octanol–water partition coefficient (Wildman–Crippen LogP) is 8.11. The molecule has 0 unspecified atom stereocenters. The lowest BCUT2D eigenvalue weighted by Crippen LogP contribution is -2.31. The maximum atomic E-state index is 8.00. The fourth-order valence-corrected chi connectivity index (χ4v) is 4.61. The highest BCUT2D eigenvalue weighted by atomic mass is 16.5. The van der Waals surface area contributed by atoms with Crippen molar-refractivity contribution in [2.24, 2.45) is 10.9 Å². The second kappa shape index (κ2) is 21.3. The quantitative estimate of drug-likeness (QED) is 0.303. The Hall–Kier alpha value is -2.79. The molecule has 0 aromatic heterocycles. The molecular weight excluding hydrogens is 460 g/mol. The number of ether oxygens (including phenoxy) is 1. The molecule has 1 aliphatic heterocycles. The first-order valence-electron chi connectivity index (χ1n) is 13.7. The zero-order valence-corrected chi connectivity index (χ0v) is 24.0. The number of nitrogens with zero attached hydrogens (tertiary/aromatic N) is 2. The van der Waals surface area contributed by atoms with Gasteiger partial charge in [-0.3, -0.25) is 4.99 Å². The molecule has 1 fully saturated rings.